The summed E-state index contributed by atoms with van der Waals surface area (Å²) >= 11 is 0. The molecule has 5 nitrogen and oxygen atoms in total. The lowest BCUT2D eigenvalue weighted by Gasteiger charge is -2.15. The first-order valence-corrected chi connectivity index (χ1v) is 8.25. The predicted molar refractivity (Wildman–Crippen MR) is 74.2 cm³/mol. The van der Waals surface area contributed by atoms with E-state index in [4.69, 9.17) is 5.26 Å². The molecule has 1 saturated heterocycles. The van der Waals surface area contributed by atoms with Crippen molar-refractivity contribution < 1.29 is 13.2 Å². The van der Waals surface area contributed by atoms with Gasteiger partial charge in [-0.25, -0.2) is 8.42 Å². The maximum absolute atomic E-state index is 12.0. The first kappa shape index (κ1) is 14.5. The van der Waals surface area contributed by atoms with Crippen LogP contribution in [-0.4, -0.2) is 25.8 Å². The van der Waals surface area contributed by atoms with E-state index in [2.05, 4.69) is 5.32 Å². The number of carbonyl (C=O) groups is 1. The van der Waals surface area contributed by atoms with Crippen LogP contribution in [0.25, 0.3) is 0 Å². The van der Waals surface area contributed by atoms with E-state index in [1.54, 1.807) is 0 Å². The normalized spacial score (nSPS) is 21.9. The van der Waals surface area contributed by atoms with Gasteiger partial charge in [-0.1, -0.05) is 30.3 Å². The van der Waals surface area contributed by atoms with Gasteiger partial charge in [0.05, 0.1) is 17.6 Å². The summed E-state index contributed by atoms with van der Waals surface area (Å²) in [5.74, 6) is -1.67. The Balaban J connectivity index is 1.95. The van der Waals surface area contributed by atoms with Gasteiger partial charge < -0.3 is 5.32 Å². The van der Waals surface area contributed by atoms with E-state index in [-0.39, 0.29) is 17.4 Å². The van der Waals surface area contributed by atoms with Gasteiger partial charge in [0.1, 0.15) is 5.92 Å². The van der Waals surface area contributed by atoms with Crippen LogP contribution >= 0.6 is 0 Å². The van der Waals surface area contributed by atoms with Crippen molar-refractivity contribution in [1.29, 1.82) is 5.26 Å². The molecule has 1 aliphatic heterocycles. The van der Waals surface area contributed by atoms with Gasteiger partial charge in [0, 0.05) is 6.54 Å². The van der Waals surface area contributed by atoms with Gasteiger partial charge in [-0.2, -0.15) is 5.26 Å². The number of hydrogen-bond acceptors (Lipinski definition) is 4. The Labute approximate surface area is 118 Å². The second-order valence-corrected chi connectivity index (χ2v) is 7.20. The lowest BCUT2D eigenvalue weighted by Crippen LogP contribution is -2.34. The summed E-state index contributed by atoms with van der Waals surface area (Å²) in [6.07, 6.45) is 0.388. The molecular formula is C14H16N2O3S. The Hall–Kier alpha value is -1.87. The lowest BCUT2D eigenvalue weighted by molar-refractivity contribution is -0.124. The van der Waals surface area contributed by atoms with Gasteiger partial charge in [-0.15, -0.1) is 0 Å². The number of amides is 1. The SMILES string of the molecule is N#CC(C(=O)NCc1ccccc1)C1CCS(=O)(=O)C1. The number of nitrogens with one attached hydrogen (secondary N) is 1. The zero-order valence-corrected chi connectivity index (χ0v) is 11.8. The van der Waals surface area contributed by atoms with Crippen LogP contribution in [0.5, 0.6) is 0 Å². The Bertz CT molecular complexity index is 620. The largest absolute Gasteiger partial charge is 0.351 e. The minimum Gasteiger partial charge on any atom is -0.351 e. The lowest BCUT2D eigenvalue weighted by atomic mass is 9.92. The number of sulfone groups is 1. The van der Waals surface area contributed by atoms with E-state index < -0.39 is 21.7 Å². The van der Waals surface area contributed by atoms with Crippen molar-refractivity contribution in [1.82, 2.24) is 5.32 Å². The molecule has 20 heavy (non-hydrogen) atoms. The second kappa shape index (κ2) is 6.06. The van der Waals surface area contributed by atoms with Crippen molar-refractivity contribution in [3.8, 4) is 6.07 Å². The fourth-order valence-corrected chi connectivity index (χ4v) is 4.20. The summed E-state index contributed by atoms with van der Waals surface area (Å²) in [7, 11) is -3.08. The van der Waals surface area contributed by atoms with Crippen molar-refractivity contribution in [3.05, 3.63) is 35.9 Å². The minimum absolute atomic E-state index is 0.0655. The summed E-state index contributed by atoms with van der Waals surface area (Å²) in [6, 6.07) is 11.3. The number of nitrogens with zero attached hydrogens (tertiary/aromatic N) is 1. The van der Waals surface area contributed by atoms with Gasteiger partial charge in [0.2, 0.25) is 5.91 Å². The van der Waals surface area contributed by atoms with Crippen LogP contribution in [-0.2, 0) is 21.2 Å². The molecule has 1 amide bonds. The van der Waals surface area contributed by atoms with Gasteiger partial charge in [0.15, 0.2) is 9.84 Å². The van der Waals surface area contributed by atoms with E-state index in [1.807, 2.05) is 36.4 Å². The van der Waals surface area contributed by atoms with E-state index in [1.165, 1.54) is 0 Å². The summed E-state index contributed by atoms with van der Waals surface area (Å²) in [6.45, 7) is 0.345. The molecule has 0 bridgehead atoms. The highest BCUT2D eigenvalue weighted by Crippen LogP contribution is 2.26. The van der Waals surface area contributed by atoms with Crippen LogP contribution in [0, 0.1) is 23.2 Å². The Morgan fingerprint density at radius 1 is 1.40 bits per heavy atom. The van der Waals surface area contributed by atoms with Crippen LogP contribution in [0.2, 0.25) is 0 Å². The molecule has 6 heteroatoms. The third-order valence-electron chi connectivity index (χ3n) is 3.47. The summed E-state index contributed by atoms with van der Waals surface area (Å²) in [5.41, 5.74) is 0.941. The van der Waals surface area contributed by atoms with Crippen LogP contribution < -0.4 is 5.32 Å². The molecular weight excluding hydrogens is 276 g/mol. The predicted octanol–water partition coefficient (Wildman–Crippen LogP) is 0.877. The van der Waals surface area contributed by atoms with Crippen molar-refractivity contribution >= 4 is 15.7 Å². The third kappa shape index (κ3) is 3.58. The molecule has 1 aliphatic rings. The van der Waals surface area contributed by atoms with Crippen LogP contribution in [0.1, 0.15) is 12.0 Å². The zero-order valence-electron chi connectivity index (χ0n) is 11.0. The molecule has 2 unspecified atom stereocenters. The minimum atomic E-state index is -3.08. The summed E-state index contributed by atoms with van der Waals surface area (Å²) < 4.78 is 22.8. The van der Waals surface area contributed by atoms with Crippen LogP contribution in [0.15, 0.2) is 30.3 Å². The monoisotopic (exact) mass is 292 g/mol. The fraction of sp³-hybridized carbons (Fsp3) is 0.429. The van der Waals surface area contributed by atoms with E-state index in [0.29, 0.717) is 13.0 Å². The second-order valence-electron chi connectivity index (χ2n) is 4.97. The van der Waals surface area contributed by atoms with E-state index in [0.717, 1.165) is 5.56 Å². The fourth-order valence-electron chi connectivity index (χ4n) is 2.36. The molecule has 2 atom stereocenters. The first-order chi connectivity index (χ1) is 9.52. The molecule has 0 radical (unpaired) electrons. The van der Waals surface area contributed by atoms with Crippen LogP contribution in [0.4, 0.5) is 0 Å². The standard InChI is InChI=1S/C14H16N2O3S/c15-8-13(12-6-7-20(18,19)10-12)14(17)16-9-11-4-2-1-3-5-11/h1-5,12-13H,6-7,9-10H2,(H,16,17). The van der Waals surface area contributed by atoms with Crippen molar-refractivity contribution in [2.24, 2.45) is 11.8 Å². The number of hydrogen-bond donors (Lipinski definition) is 1. The molecule has 0 saturated carbocycles. The number of nitriles is 1. The summed E-state index contributed by atoms with van der Waals surface area (Å²) in [4.78, 5) is 12.0. The van der Waals surface area contributed by atoms with E-state index >= 15 is 0 Å². The molecule has 0 spiro atoms. The maximum Gasteiger partial charge on any atom is 0.237 e. The first-order valence-electron chi connectivity index (χ1n) is 6.43. The Morgan fingerprint density at radius 3 is 2.65 bits per heavy atom. The average Bonchev–Trinajstić information content (AvgIpc) is 2.78. The number of carbonyl (C=O) groups excluding carboxylic acids is 1. The molecule has 1 N–H and O–H groups in total. The topological polar surface area (TPSA) is 87.0 Å². The Kier molecular flexibility index (Phi) is 4.40. The highest BCUT2D eigenvalue weighted by Gasteiger charge is 2.37. The van der Waals surface area contributed by atoms with Crippen molar-refractivity contribution in [3.63, 3.8) is 0 Å². The molecule has 2 rings (SSSR count). The molecule has 106 valence electrons. The molecule has 1 heterocycles. The van der Waals surface area contributed by atoms with Gasteiger partial charge in [-0.05, 0) is 17.9 Å². The molecule has 0 aliphatic carbocycles. The van der Waals surface area contributed by atoms with Gasteiger partial charge >= 0.3 is 0 Å². The molecule has 0 aromatic heterocycles. The number of rotatable bonds is 4. The number of benzene rings is 1. The van der Waals surface area contributed by atoms with Gasteiger partial charge in [0.25, 0.3) is 0 Å². The maximum atomic E-state index is 12.0. The third-order valence-corrected chi connectivity index (χ3v) is 5.26. The van der Waals surface area contributed by atoms with E-state index in [9.17, 15) is 13.2 Å². The molecule has 1 aromatic rings. The zero-order chi connectivity index (χ0) is 14.6. The van der Waals surface area contributed by atoms with Gasteiger partial charge in [-0.3, -0.25) is 4.79 Å². The van der Waals surface area contributed by atoms with Crippen LogP contribution in [0.3, 0.4) is 0 Å². The highest BCUT2D eigenvalue weighted by molar-refractivity contribution is 7.91. The Morgan fingerprint density at radius 2 is 2.10 bits per heavy atom. The average molecular weight is 292 g/mol. The van der Waals surface area contributed by atoms with Crippen molar-refractivity contribution in [2.45, 2.75) is 13.0 Å². The van der Waals surface area contributed by atoms with Crippen molar-refractivity contribution in [2.75, 3.05) is 11.5 Å². The quantitative estimate of drug-likeness (QED) is 0.892. The smallest absolute Gasteiger partial charge is 0.237 e. The summed E-state index contributed by atoms with van der Waals surface area (Å²) in [5, 5.41) is 11.8. The highest BCUT2D eigenvalue weighted by atomic mass is 32.2. The molecule has 1 aromatic carbocycles. The molecule has 1 fully saturated rings.